The number of nitrogens with two attached hydrogens (primary N) is 1. The first-order valence-corrected chi connectivity index (χ1v) is 8.19. The summed E-state index contributed by atoms with van der Waals surface area (Å²) in [6.07, 6.45) is 10.9. The smallest absolute Gasteiger partial charge is 0.0491 e. The highest BCUT2D eigenvalue weighted by atomic mass is 16.5. The van der Waals surface area contributed by atoms with E-state index in [1.807, 2.05) is 7.11 Å². The molecule has 0 aromatic heterocycles. The number of nitrogens with zero attached hydrogens (tertiary/aromatic N) is 1. The summed E-state index contributed by atoms with van der Waals surface area (Å²) in [5, 5.41) is 0. The minimum absolute atomic E-state index is 0.421. The van der Waals surface area contributed by atoms with Gasteiger partial charge in [0.2, 0.25) is 0 Å². The van der Waals surface area contributed by atoms with E-state index in [9.17, 15) is 0 Å². The van der Waals surface area contributed by atoms with E-state index in [-0.39, 0.29) is 0 Å². The third-order valence-electron chi connectivity index (χ3n) is 5.27. The van der Waals surface area contributed by atoms with Crippen molar-refractivity contribution in [1.82, 2.24) is 4.90 Å². The monoisotopic (exact) mass is 268 g/mol. The Kier molecular flexibility index (Phi) is 6.11. The third-order valence-corrected chi connectivity index (χ3v) is 5.27. The maximum atomic E-state index is 6.15. The van der Waals surface area contributed by atoms with Gasteiger partial charge in [0.25, 0.3) is 0 Å². The minimum Gasteiger partial charge on any atom is -0.384 e. The lowest BCUT2D eigenvalue weighted by molar-refractivity contribution is 0.0696. The van der Waals surface area contributed by atoms with E-state index in [2.05, 4.69) is 4.90 Å². The van der Waals surface area contributed by atoms with Crippen molar-refractivity contribution in [3.05, 3.63) is 0 Å². The molecule has 1 saturated heterocycles. The Morgan fingerprint density at radius 1 is 1.11 bits per heavy atom. The van der Waals surface area contributed by atoms with E-state index in [4.69, 9.17) is 10.5 Å². The summed E-state index contributed by atoms with van der Waals surface area (Å²) in [7, 11) is 1.82. The first-order chi connectivity index (χ1) is 9.28. The largest absolute Gasteiger partial charge is 0.384 e. The molecule has 1 saturated carbocycles. The van der Waals surface area contributed by atoms with Crippen LogP contribution in [0, 0.1) is 11.3 Å². The van der Waals surface area contributed by atoms with Gasteiger partial charge in [0.1, 0.15) is 0 Å². The summed E-state index contributed by atoms with van der Waals surface area (Å²) in [5.74, 6) is 0.782. The zero-order chi connectivity index (χ0) is 13.6. The maximum absolute atomic E-state index is 6.15. The normalized spacial score (nSPS) is 26.2. The summed E-state index contributed by atoms with van der Waals surface area (Å²) in [6.45, 7) is 5.55. The van der Waals surface area contributed by atoms with Crippen LogP contribution >= 0.6 is 0 Å². The molecule has 0 bridgehead atoms. The van der Waals surface area contributed by atoms with Crippen molar-refractivity contribution in [3.63, 3.8) is 0 Å². The molecule has 2 N–H and O–H groups in total. The van der Waals surface area contributed by atoms with Crippen LogP contribution in [0.1, 0.15) is 51.4 Å². The number of ether oxygens (including phenoxy) is 1. The molecule has 0 aromatic carbocycles. The molecule has 2 aliphatic rings. The number of hydrogen-bond donors (Lipinski definition) is 1. The third kappa shape index (κ3) is 4.44. The highest BCUT2D eigenvalue weighted by Gasteiger charge is 2.32. The molecule has 0 atom stereocenters. The van der Waals surface area contributed by atoms with Gasteiger partial charge in [-0.1, -0.05) is 25.7 Å². The average Bonchev–Trinajstić information content (AvgIpc) is 2.68. The van der Waals surface area contributed by atoms with Gasteiger partial charge >= 0.3 is 0 Å². The molecule has 1 heterocycles. The summed E-state index contributed by atoms with van der Waals surface area (Å²) in [5.41, 5.74) is 6.57. The lowest BCUT2D eigenvalue weighted by atomic mass is 9.79. The van der Waals surface area contributed by atoms with Gasteiger partial charge in [-0.3, -0.25) is 0 Å². The Hall–Kier alpha value is -0.120. The zero-order valence-electron chi connectivity index (χ0n) is 12.7. The Labute approximate surface area is 118 Å². The first-order valence-electron chi connectivity index (χ1n) is 8.19. The van der Waals surface area contributed by atoms with Gasteiger partial charge in [0.15, 0.2) is 0 Å². The van der Waals surface area contributed by atoms with E-state index in [1.165, 1.54) is 71.0 Å². The molecular formula is C16H32N2O. The number of methoxy groups -OCH3 is 1. The number of piperidine rings is 1. The quantitative estimate of drug-likeness (QED) is 0.779. The fourth-order valence-electron chi connectivity index (χ4n) is 3.93. The fourth-order valence-corrected chi connectivity index (χ4v) is 3.93. The predicted molar refractivity (Wildman–Crippen MR) is 80.2 cm³/mol. The van der Waals surface area contributed by atoms with Crippen LogP contribution in [-0.4, -0.2) is 44.8 Å². The number of likely N-dealkylation sites (tertiary alicyclic amines) is 1. The summed E-state index contributed by atoms with van der Waals surface area (Å²) >= 11 is 0. The molecule has 2 rings (SSSR count). The van der Waals surface area contributed by atoms with Gasteiger partial charge in [-0.2, -0.15) is 0 Å². The lowest BCUT2D eigenvalue weighted by Gasteiger charge is -2.40. The van der Waals surface area contributed by atoms with E-state index in [0.29, 0.717) is 5.41 Å². The Bertz CT molecular complexity index is 241. The summed E-state index contributed by atoms with van der Waals surface area (Å²) in [4.78, 5) is 2.67. The highest BCUT2D eigenvalue weighted by molar-refractivity contribution is 4.87. The van der Waals surface area contributed by atoms with Crippen LogP contribution < -0.4 is 5.73 Å². The van der Waals surface area contributed by atoms with Gasteiger partial charge in [-0.05, 0) is 56.7 Å². The topological polar surface area (TPSA) is 38.5 Å². The summed E-state index contributed by atoms with van der Waals surface area (Å²) in [6, 6.07) is 0. The van der Waals surface area contributed by atoms with Crippen LogP contribution in [0.3, 0.4) is 0 Å². The molecule has 2 fully saturated rings. The van der Waals surface area contributed by atoms with Crippen LogP contribution in [0.4, 0.5) is 0 Å². The molecule has 3 nitrogen and oxygen atoms in total. The Morgan fingerprint density at radius 3 is 2.26 bits per heavy atom. The van der Waals surface area contributed by atoms with Crippen LogP contribution in [0.15, 0.2) is 0 Å². The zero-order valence-corrected chi connectivity index (χ0v) is 12.7. The molecule has 3 heteroatoms. The predicted octanol–water partition coefficient (Wildman–Crippen LogP) is 2.64. The molecule has 0 unspecified atom stereocenters. The molecular weight excluding hydrogens is 236 g/mol. The van der Waals surface area contributed by atoms with Gasteiger partial charge < -0.3 is 15.4 Å². The highest BCUT2D eigenvalue weighted by Crippen LogP contribution is 2.35. The molecule has 0 radical (unpaired) electrons. The molecule has 1 aliphatic heterocycles. The second kappa shape index (κ2) is 7.61. The second-order valence-electron chi connectivity index (χ2n) is 6.79. The fraction of sp³-hybridized carbons (Fsp3) is 1.00. The molecule has 0 amide bonds. The second-order valence-corrected chi connectivity index (χ2v) is 6.79. The van der Waals surface area contributed by atoms with Crippen LogP contribution in [0.2, 0.25) is 0 Å². The van der Waals surface area contributed by atoms with Crippen LogP contribution in [0.25, 0.3) is 0 Å². The molecule has 0 spiro atoms. The SMILES string of the molecule is COCC1CCN(CC2(CN)CCCCCC2)CC1. The van der Waals surface area contributed by atoms with Gasteiger partial charge in [-0.15, -0.1) is 0 Å². The number of hydrogen-bond acceptors (Lipinski definition) is 3. The van der Waals surface area contributed by atoms with Gasteiger partial charge in [0.05, 0.1) is 0 Å². The molecule has 19 heavy (non-hydrogen) atoms. The van der Waals surface area contributed by atoms with Crippen LogP contribution in [0.5, 0.6) is 0 Å². The standard InChI is InChI=1S/C16H32N2O/c1-19-12-15-6-10-18(11-7-15)14-16(13-17)8-4-2-3-5-9-16/h15H,2-14,17H2,1H3. The van der Waals surface area contributed by atoms with Crippen molar-refractivity contribution >= 4 is 0 Å². The molecule has 0 aromatic rings. The maximum Gasteiger partial charge on any atom is 0.0491 e. The van der Waals surface area contributed by atoms with Crippen molar-refractivity contribution in [2.45, 2.75) is 51.4 Å². The van der Waals surface area contributed by atoms with Gasteiger partial charge in [-0.25, -0.2) is 0 Å². The Morgan fingerprint density at radius 2 is 1.74 bits per heavy atom. The molecule has 112 valence electrons. The van der Waals surface area contributed by atoms with Crippen molar-refractivity contribution in [3.8, 4) is 0 Å². The van der Waals surface area contributed by atoms with Gasteiger partial charge in [0, 0.05) is 20.3 Å². The molecule has 1 aliphatic carbocycles. The van der Waals surface area contributed by atoms with Crippen molar-refractivity contribution in [2.24, 2.45) is 17.1 Å². The number of rotatable bonds is 5. The minimum atomic E-state index is 0.421. The van der Waals surface area contributed by atoms with Crippen molar-refractivity contribution in [2.75, 3.05) is 39.9 Å². The lowest BCUT2D eigenvalue weighted by Crippen LogP contribution is -2.45. The van der Waals surface area contributed by atoms with E-state index < -0.39 is 0 Å². The first kappa shape index (κ1) is 15.3. The van der Waals surface area contributed by atoms with Crippen LogP contribution in [-0.2, 0) is 4.74 Å². The average molecular weight is 268 g/mol. The Balaban J connectivity index is 1.82. The van der Waals surface area contributed by atoms with E-state index >= 15 is 0 Å². The van der Waals surface area contributed by atoms with Crippen molar-refractivity contribution in [1.29, 1.82) is 0 Å². The van der Waals surface area contributed by atoms with Crippen molar-refractivity contribution < 1.29 is 4.74 Å². The van der Waals surface area contributed by atoms with E-state index in [0.717, 1.165) is 19.1 Å². The van der Waals surface area contributed by atoms with E-state index in [1.54, 1.807) is 0 Å². The summed E-state index contributed by atoms with van der Waals surface area (Å²) < 4.78 is 5.29.